The Hall–Kier alpha value is -1.05. The van der Waals surface area contributed by atoms with Crippen molar-refractivity contribution >= 4 is 5.71 Å². The molecule has 2 rings (SSSR count). The summed E-state index contributed by atoms with van der Waals surface area (Å²) in [6.07, 6.45) is 9.09. The molecule has 2 heterocycles. The van der Waals surface area contributed by atoms with Crippen molar-refractivity contribution in [3.05, 3.63) is 24.4 Å². The average molecular weight is 133 g/mol. The van der Waals surface area contributed by atoms with E-state index in [1.165, 1.54) is 5.71 Å². The molecular formula is C8H9N2. The van der Waals surface area contributed by atoms with Gasteiger partial charge in [0, 0.05) is 18.3 Å². The zero-order valence-electron chi connectivity index (χ0n) is 5.70. The van der Waals surface area contributed by atoms with E-state index < -0.39 is 0 Å². The van der Waals surface area contributed by atoms with Gasteiger partial charge >= 0.3 is 0 Å². The molecule has 0 aromatic carbocycles. The van der Waals surface area contributed by atoms with Gasteiger partial charge in [-0.3, -0.25) is 10.3 Å². The van der Waals surface area contributed by atoms with Crippen molar-refractivity contribution < 1.29 is 0 Å². The molecule has 0 aliphatic carbocycles. The lowest BCUT2D eigenvalue weighted by atomic mass is 10.0. The Morgan fingerprint density at radius 2 is 2.40 bits per heavy atom. The largest absolute Gasteiger partial charge is 0.287 e. The fourth-order valence-electron chi connectivity index (χ4n) is 1.21. The molecule has 0 bridgehead atoms. The number of allylic oxidation sites excluding steroid dienone is 1. The Balaban J connectivity index is 2.23. The number of rotatable bonds is 0. The third-order valence-electron chi connectivity index (χ3n) is 1.74. The van der Waals surface area contributed by atoms with Crippen LogP contribution in [0, 0.1) is 0 Å². The lowest BCUT2D eigenvalue weighted by Gasteiger charge is -2.19. The summed E-state index contributed by atoms with van der Waals surface area (Å²) in [5.74, 6) is 0. The minimum Gasteiger partial charge on any atom is -0.287 e. The molecule has 0 aromatic heterocycles. The maximum absolute atomic E-state index is 4.34. The smallest absolute Gasteiger partial charge is 0.106 e. The standard InChI is InChI=1S/C8H9N2/c1-3-7-8(9-5-1)4-2-6-10-7/h1-3,6-7H,4-5H2. The average Bonchev–Trinajstić information content (AvgIpc) is 2.05. The first kappa shape index (κ1) is 5.71. The van der Waals surface area contributed by atoms with Gasteiger partial charge in [-0.1, -0.05) is 18.2 Å². The lowest BCUT2D eigenvalue weighted by Crippen LogP contribution is -2.30. The highest BCUT2D eigenvalue weighted by Crippen LogP contribution is 2.08. The first-order valence-corrected chi connectivity index (χ1v) is 3.51. The molecule has 2 aliphatic rings. The Labute approximate surface area is 60.3 Å². The third kappa shape index (κ3) is 0.856. The molecule has 0 amide bonds. The van der Waals surface area contributed by atoms with E-state index in [2.05, 4.69) is 28.5 Å². The predicted molar refractivity (Wildman–Crippen MR) is 41.1 cm³/mol. The number of aliphatic imine (C=N–C) groups is 1. The van der Waals surface area contributed by atoms with Crippen LogP contribution in [0.1, 0.15) is 6.42 Å². The number of fused-ring (bicyclic) bond motifs is 1. The van der Waals surface area contributed by atoms with E-state index in [9.17, 15) is 0 Å². The Morgan fingerprint density at radius 1 is 1.40 bits per heavy atom. The van der Waals surface area contributed by atoms with E-state index >= 15 is 0 Å². The van der Waals surface area contributed by atoms with Crippen molar-refractivity contribution in [3.63, 3.8) is 0 Å². The maximum atomic E-state index is 4.34. The van der Waals surface area contributed by atoms with E-state index in [0.29, 0.717) is 0 Å². The van der Waals surface area contributed by atoms with Crippen LogP contribution in [0.25, 0.3) is 0 Å². The van der Waals surface area contributed by atoms with Gasteiger partial charge in [-0.25, -0.2) is 0 Å². The molecule has 0 aromatic rings. The molecule has 2 aliphatic heterocycles. The summed E-state index contributed by atoms with van der Waals surface area (Å²) in [6, 6.07) is 0.263. The molecule has 2 nitrogen and oxygen atoms in total. The van der Waals surface area contributed by atoms with Crippen LogP contribution in [0.2, 0.25) is 0 Å². The number of hydrogen-bond donors (Lipinski definition) is 0. The highest BCUT2D eigenvalue weighted by atomic mass is 14.9. The fraction of sp³-hybridized carbons (Fsp3) is 0.375. The van der Waals surface area contributed by atoms with Crippen LogP contribution in [0.4, 0.5) is 0 Å². The second-order valence-electron chi connectivity index (χ2n) is 2.44. The highest BCUT2D eigenvalue weighted by molar-refractivity contribution is 5.93. The quantitative estimate of drug-likeness (QED) is 0.439. The molecule has 51 valence electrons. The van der Waals surface area contributed by atoms with Crippen molar-refractivity contribution in [2.24, 2.45) is 4.99 Å². The molecule has 0 saturated carbocycles. The SMILES string of the molecule is C1=CC2[N]C=CCC2=NC1. The van der Waals surface area contributed by atoms with Crippen LogP contribution in [-0.2, 0) is 0 Å². The van der Waals surface area contributed by atoms with Crippen LogP contribution in [0.15, 0.2) is 29.4 Å². The molecule has 1 unspecified atom stereocenters. The first-order valence-electron chi connectivity index (χ1n) is 3.51. The predicted octanol–water partition coefficient (Wildman–Crippen LogP) is 0.888. The maximum Gasteiger partial charge on any atom is 0.106 e. The summed E-state index contributed by atoms with van der Waals surface area (Å²) >= 11 is 0. The molecular weight excluding hydrogens is 124 g/mol. The minimum atomic E-state index is 0.263. The Kier molecular flexibility index (Phi) is 1.31. The van der Waals surface area contributed by atoms with Gasteiger partial charge in [-0.2, -0.15) is 0 Å². The summed E-state index contributed by atoms with van der Waals surface area (Å²) in [5.41, 5.74) is 1.21. The fourth-order valence-corrected chi connectivity index (χ4v) is 1.21. The van der Waals surface area contributed by atoms with E-state index in [0.717, 1.165) is 13.0 Å². The zero-order valence-corrected chi connectivity index (χ0v) is 5.70. The number of nitrogens with zero attached hydrogens (tertiary/aromatic N) is 2. The van der Waals surface area contributed by atoms with E-state index in [-0.39, 0.29) is 6.04 Å². The van der Waals surface area contributed by atoms with Crippen molar-refractivity contribution in [2.75, 3.05) is 6.54 Å². The summed E-state index contributed by atoms with van der Waals surface area (Å²) < 4.78 is 0. The molecule has 0 N–H and O–H groups in total. The van der Waals surface area contributed by atoms with E-state index in [1.807, 2.05) is 6.20 Å². The van der Waals surface area contributed by atoms with Gasteiger partial charge in [0.05, 0.1) is 6.54 Å². The van der Waals surface area contributed by atoms with Crippen LogP contribution >= 0.6 is 0 Å². The lowest BCUT2D eigenvalue weighted by molar-refractivity contribution is 0.805. The minimum absolute atomic E-state index is 0.263. The van der Waals surface area contributed by atoms with Crippen molar-refractivity contribution in [2.45, 2.75) is 12.5 Å². The third-order valence-corrected chi connectivity index (χ3v) is 1.74. The second kappa shape index (κ2) is 2.29. The zero-order chi connectivity index (χ0) is 6.81. The van der Waals surface area contributed by atoms with Gasteiger partial charge in [0.25, 0.3) is 0 Å². The normalized spacial score (nSPS) is 28.8. The summed E-state index contributed by atoms with van der Waals surface area (Å²) in [7, 11) is 0. The highest BCUT2D eigenvalue weighted by Gasteiger charge is 2.16. The van der Waals surface area contributed by atoms with Gasteiger partial charge in [0.15, 0.2) is 0 Å². The summed E-state index contributed by atoms with van der Waals surface area (Å²) in [6.45, 7) is 0.842. The van der Waals surface area contributed by atoms with Gasteiger partial charge < -0.3 is 0 Å². The molecule has 0 saturated heterocycles. The number of hydrogen-bond acceptors (Lipinski definition) is 1. The van der Waals surface area contributed by atoms with E-state index in [4.69, 9.17) is 0 Å². The van der Waals surface area contributed by atoms with Crippen LogP contribution in [0.5, 0.6) is 0 Å². The van der Waals surface area contributed by atoms with Gasteiger partial charge in [0.2, 0.25) is 0 Å². The molecule has 0 spiro atoms. The van der Waals surface area contributed by atoms with Crippen molar-refractivity contribution in [1.82, 2.24) is 5.32 Å². The topological polar surface area (TPSA) is 26.5 Å². The monoisotopic (exact) mass is 133 g/mol. The molecule has 2 heteroatoms. The van der Waals surface area contributed by atoms with Gasteiger partial charge in [-0.05, 0) is 0 Å². The molecule has 10 heavy (non-hydrogen) atoms. The van der Waals surface area contributed by atoms with Gasteiger partial charge in [-0.15, -0.1) is 0 Å². The molecule has 1 atom stereocenters. The van der Waals surface area contributed by atoms with E-state index in [1.54, 1.807) is 0 Å². The van der Waals surface area contributed by atoms with Crippen LogP contribution in [0.3, 0.4) is 0 Å². The molecule has 0 fully saturated rings. The van der Waals surface area contributed by atoms with Crippen LogP contribution in [-0.4, -0.2) is 18.3 Å². The number of dihydropyridines is 1. The van der Waals surface area contributed by atoms with Crippen LogP contribution < -0.4 is 5.32 Å². The second-order valence-corrected chi connectivity index (χ2v) is 2.44. The Morgan fingerprint density at radius 3 is 3.30 bits per heavy atom. The summed E-state index contributed by atoms with van der Waals surface area (Å²) in [4.78, 5) is 4.34. The molecule has 1 radical (unpaired) electrons. The van der Waals surface area contributed by atoms with Gasteiger partial charge in [0.1, 0.15) is 6.04 Å². The Bertz CT molecular complexity index is 213. The first-order chi connectivity index (χ1) is 4.97. The summed E-state index contributed by atoms with van der Waals surface area (Å²) in [5, 5.41) is 4.25. The van der Waals surface area contributed by atoms with Crippen molar-refractivity contribution in [1.29, 1.82) is 0 Å². The van der Waals surface area contributed by atoms with Crippen molar-refractivity contribution in [3.8, 4) is 0 Å².